The highest BCUT2D eigenvalue weighted by Crippen LogP contribution is 2.43. The van der Waals surface area contributed by atoms with Crippen molar-refractivity contribution in [1.29, 1.82) is 0 Å². The summed E-state index contributed by atoms with van der Waals surface area (Å²) in [6, 6.07) is 7.98. The van der Waals surface area contributed by atoms with E-state index in [-0.39, 0.29) is 0 Å². The van der Waals surface area contributed by atoms with Crippen LogP contribution in [0.4, 0.5) is 0 Å². The van der Waals surface area contributed by atoms with Crippen LogP contribution in [0.3, 0.4) is 0 Å². The lowest BCUT2D eigenvalue weighted by Crippen LogP contribution is -2.27. The SMILES string of the molecule is O=C1CC2C=CC2c2ccccc21. The van der Waals surface area contributed by atoms with Crippen molar-refractivity contribution < 1.29 is 4.79 Å². The lowest BCUT2D eigenvalue weighted by atomic mass is 9.68. The molecule has 0 bridgehead atoms. The number of carbonyl (C=O) groups is 1. The minimum absolute atomic E-state index is 0.307. The molecule has 0 heterocycles. The van der Waals surface area contributed by atoms with Gasteiger partial charge in [-0.25, -0.2) is 0 Å². The molecule has 0 amide bonds. The first kappa shape index (κ1) is 7.07. The van der Waals surface area contributed by atoms with Gasteiger partial charge in [-0.1, -0.05) is 36.4 Å². The highest BCUT2D eigenvalue weighted by atomic mass is 16.1. The molecule has 0 saturated heterocycles. The topological polar surface area (TPSA) is 17.1 Å². The second kappa shape index (κ2) is 2.32. The lowest BCUT2D eigenvalue weighted by molar-refractivity contribution is 0.0950. The van der Waals surface area contributed by atoms with Crippen LogP contribution in [-0.2, 0) is 0 Å². The van der Waals surface area contributed by atoms with Crippen LogP contribution in [-0.4, -0.2) is 5.78 Å². The fraction of sp³-hybridized carbons (Fsp3) is 0.250. The summed E-state index contributed by atoms with van der Waals surface area (Å²) < 4.78 is 0. The van der Waals surface area contributed by atoms with Crippen molar-refractivity contribution in [2.45, 2.75) is 12.3 Å². The number of ketones is 1. The Morgan fingerprint density at radius 1 is 1.15 bits per heavy atom. The van der Waals surface area contributed by atoms with Gasteiger partial charge in [0.15, 0.2) is 5.78 Å². The Kier molecular flexibility index (Phi) is 1.26. The minimum Gasteiger partial charge on any atom is -0.294 e. The largest absolute Gasteiger partial charge is 0.294 e. The van der Waals surface area contributed by atoms with Gasteiger partial charge in [-0.2, -0.15) is 0 Å². The third-order valence-corrected chi connectivity index (χ3v) is 3.07. The van der Waals surface area contributed by atoms with Crippen LogP contribution in [0.2, 0.25) is 0 Å². The van der Waals surface area contributed by atoms with Crippen LogP contribution in [0.15, 0.2) is 36.4 Å². The molecule has 1 aromatic carbocycles. The summed E-state index contributed by atoms with van der Waals surface area (Å²) in [5, 5.41) is 0. The van der Waals surface area contributed by atoms with Crippen molar-refractivity contribution in [2.75, 3.05) is 0 Å². The van der Waals surface area contributed by atoms with Gasteiger partial charge in [-0.15, -0.1) is 0 Å². The molecule has 0 fully saturated rings. The predicted octanol–water partition coefficient (Wildman–Crippen LogP) is 2.54. The fourth-order valence-electron chi connectivity index (χ4n) is 2.27. The van der Waals surface area contributed by atoms with E-state index in [0.717, 1.165) is 5.56 Å². The Balaban J connectivity index is 2.21. The number of Topliss-reactive ketones (excluding diaryl/α,β-unsaturated/α-hetero) is 1. The minimum atomic E-state index is 0.307. The number of carbonyl (C=O) groups excluding carboxylic acids is 1. The van der Waals surface area contributed by atoms with Gasteiger partial charge in [0.25, 0.3) is 0 Å². The molecule has 0 N–H and O–H groups in total. The van der Waals surface area contributed by atoms with Gasteiger partial charge in [0.05, 0.1) is 0 Å². The maximum Gasteiger partial charge on any atom is 0.163 e. The molecular formula is C12H10O. The first-order chi connectivity index (χ1) is 6.36. The fourth-order valence-corrected chi connectivity index (χ4v) is 2.27. The van der Waals surface area contributed by atoms with E-state index in [4.69, 9.17) is 0 Å². The Bertz CT molecular complexity index is 403. The number of hydrogen-bond acceptors (Lipinski definition) is 1. The smallest absolute Gasteiger partial charge is 0.163 e. The molecule has 13 heavy (non-hydrogen) atoms. The van der Waals surface area contributed by atoms with Gasteiger partial charge in [-0.3, -0.25) is 4.79 Å². The molecule has 3 rings (SSSR count). The maximum absolute atomic E-state index is 11.6. The lowest BCUT2D eigenvalue weighted by Gasteiger charge is -2.34. The third kappa shape index (κ3) is 0.844. The van der Waals surface area contributed by atoms with Crippen LogP contribution in [0.25, 0.3) is 0 Å². The van der Waals surface area contributed by atoms with E-state index < -0.39 is 0 Å². The zero-order chi connectivity index (χ0) is 8.84. The summed E-state index contributed by atoms with van der Waals surface area (Å²) in [6.07, 6.45) is 5.06. The number of fused-ring (bicyclic) bond motifs is 3. The van der Waals surface area contributed by atoms with E-state index in [1.54, 1.807) is 0 Å². The molecule has 2 aliphatic rings. The first-order valence-corrected chi connectivity index (χ1v) is 4.67. The molecule has 0 aliphatic heterocycles. The number of allylic oxidation sites excluding steroid dienone is 2. The molecule has 0 radical (unpaired) electrons. The molecule has 1 aromatic rings. The summed E-state index contributed by atoms with van der Waals surface area (Å²) in [5.74, 6) is 1.32. The summed E-state index contributed by atoms with van der Waals surface area (Å²) in [7, 11) is 0. The summed E-state index contributed by atoms with van der Waals surface area (Å²) in [6.45, 7) is 0. The normalized spacial score (nSPS) is 29.1. The van der Waals surface area contributed by atoms with Crippen molar-refractivity contribution >= 4 is 5.78 Å². The third-order valence-electron chi connectivity index (χ3n) is 3.07. The average molecular weight is 170 g/mol. The number of hydrogen-bond donors (Lipinski definition) is 0. The standard InChI is InChI=1S/C12H10O/c13-12-7-8-5-6-9(8)10-3-1-2-4-11(10)12/h1-6,8-9H,7H2. The van der Waals surface area contributed by atoms with Gasteiger partial charge >= 0.3 is 0 Å². The highest BCUT2D eigenvalue weighted by molar-refractivity contribution is 5.99. The molecule has 2 unspecified atom stereocenters. The first-order valence-electron chi connectivity index (χ1n) is 4.67. The predicted molar refractivity (Wildman–Crippen MR) is 50.8 cm³/mol. The maximum atomic E-state index is 11.6. The second-order valence-corrected chi connectivity index (χ2v) is 3.79. The van der Waals surface area contributed by atoms with Crippen molar-refractivity contribution in [3.63, 3.8) is 0 Å². The van der Waals surface area contributed by atoms with Crippen molar-refractivity contribution in [3.8, 4) is 0 Å². The van der Waals surface area contributed by atoms with Crippen LogP contribution >= 0.6 is 0 Å². The van der Waals surface area contributed by atoms with E-state index >= 15 is 0 Å². The quantitative estimate of drug-likeness (QED) is 0.547. The number of rotatable bonds is 0. The van der Waals surface area contributed by atoms with Gasteiger partial charge in [-0.05, 0) is 11.5 Å². The molecule has 2 atom stereocenters. The molecular weight excluding hydrogens is 160 g/mol. The zero-order valence-corrected chi connectivity index (χ0v) is 7.23. The monoisotopic (exact) mass is 170 g/mol. The number of benzene rings is 1. The van der Waals surface area contributed by atoms with Crippen molar-refractivity contribution in [3.05, 3.63) is 47.5 Å². The van der Waals surface area contributed by atoms with E-state index in [0.29, 0.717) is 24.0 Å². The van der Waals surface area contributed by atoms with Crippen molar-refractivity contribution in [1.82, 2.24) is 0 Å². The Labute approximate surface area is 77.1 Å². The van der Waals surface area contributed by atoms with Gasteiger partial charge in [0.2, 0.25) is 0 Å². The average Bonchev–Trinajstić information content (AvgIpc) is 2.11. The van der Waals surface area contributed by atoms with Crippen LogP contribution in [0.5, 0.6) is 0 Å². The van der Waals surface area contributed by atoms with Gasteiger partial charge in [0, 0.05) is 17.9 Å². The molecule has 0 aromatic heterocycles. The van der Waals surface area contributed by atoms with E-state index in [2.05, 4.69) is 18.2 Å². The van der Waals surface area contributed by atoms with Crippen LogP contribution < -0.4 is 0 Å². The summed E-state index contributed by atoms with van der Waals surface area (Å²) in [4.78, 5) is 11.6. The van der Waals surface area contributed by atoms with Gasteiger partial charge in [0.1, 0.15) is 0 Å². The van der Waals surface area contributed by atoms with E-state index in [1.165, 1.54) is 5.56 Å². The van der Waals surface area contributed by atoms with Crippen LogP contribution in [0, 0.1) is 5.92 Å². The van der Waals surface area contributed by atoms with E-state index in [1.807, 2.05) is 18.2 Å². The zero-order valence-electron chi connectivity index (χ0n) is 7.23. The molecule has 1 nitrogen and oxygen atoms in total. The molecule has 64 valence electrons. The van der Waals surface area contributed by atoms with E-state index in [9.17, 15) is 4.79 Å². The molecule has 0 spiro atoms. The van der Waals surface area contributed by atoms with Crippen molar-refractivity contribution in [2.24, 2.45) is 5.92 Å². The highest BCUT2D eigenvalue weighted by Gasteiger charge is 2.34. The Morgan fingerprint density at radius 3 is 2.77 bits per heavy atom. The van der Waals surface area contributed by atoms with Gasteiger partial charge < -0.3 is 0 Å². The molecule has 2 aliphatic carbocycles. The second-order valence-electron chi connectivity index (χ2n) is 3.79. The molecule has 1 heteroatoms. The Morgan fingerprint density at radius 2 is 2.00 bits per heavy atom. The summed E-state index contributed by atoms with van der Waals surface area (Å²) in [5.41, 5.74) is 2.17. The van der Waals surface area contributed by atoms with Crippen LogP contribution in [0.1, 0.15) is 28.3 Å². The molecule has 0 saturated carbocycles. The Hall–Kier alpha value is -1.37. The summed E-state index contributed by atoms with van der Waals surface area (Å²) >= 11 is 0.